The Balaban J connectivity index is 1.65. The number of nitrogens with one attached hydrogen (secondary N) is 2. The lowest BCUT2D eigenvalue weighted by Gasteiger charge is -2.15. The van der Waals surface area contributed by atoms with Gasteiger partial charge in [-0.2, -0.15) is 0 Å². The highest BCUT2D eigenvalue weighted by molar-refractivity contribution is 7.92. The minimum atomic E-state index is -4.01. The van der Waals surface area contributed by atoms with Gasteiger partial charge in [-0.1, -0.05) is 6.07 Å². The molecular weight excluding hydrogens is 495 g/mol. The van der Waals surface area contributed by atoms with Gasteiger partial charge in [0.25, 0.3) is 0 Å². The average molecular weight is 521 g/mol. The molecule has 1 aliphatic rings. The lowest BCUT2D eigenvalue weighted by Crippen LogP contribution is -2.41. The highest BCUT2D eigenvalue weighted by atomic mass is 32.2. The van der Waals surface area contributed by atoms with Crippen molar-refractivity contribution in [1.29, 1.82) is 0 Å². The fraction of sp³-hybridized carbons (Fsp3) is 0.391. The van der Waals surface area contributed by atoms with Crippen LogP contribution in [-0.2, 0) is 24.2 Å². The predicted molar refractivity (Wildman–Crippen MR) is 130 cm³/mol. The van der Waals surface area contributed by atoms with Gasteiger partial charge in [-0.3, -0.25) is 14.6 Å². The molecule has 12 heteroatoms. The van der Waals surface area contributed by atoms with Crippen molar-refractivity contribution in [2.75, 3.05) is 26.0 Å². The Kier molecular flexibility index (Phi) is 7.43. The first kappa shape index (κ1) is 25.1. The van der Waals surface area contributed by atoms with Gasteiger partial charge < -0.3 is 15.4 Å². The third-order valence-corrected chi connectivity index (χ3v) is 8.66. The molecule has 0 aliphatic heterocycles. The number of rotatable bonds is 10. The van der Waals surface area contributed by atoms with Gasteiger partial charge in [0.05, 0.1) is 34.8 Å². The van der Waals surface area contributed by atoms with E-state index in [0.29, 0.717) is 21.3 Å². The topological polar surface area (TPSA) is 127 Å². The molecule has 1 fully saturated rings. The van der Waals surface area contributed by atoms with Crippen molar-refractivity contribution in [2.45, 2.75) is 31.1 Å². The zero-order valence-electron chi connectivity index (χ0n) is 19.2. The summed E-state index contributed by atoms with van der Waals surface area (Å²) >= 11 is 1.04. The highest BCUT2D eigenvalue weighted by Crippen LogP contribution is 2.34. The number of thiazole rings is 1. The van der Waals surface area contributed by atoms with Crippen LogP contribution in [0, 0.1) is 12.7 Å². The number of hydrogen-bond acceptors (Lipinski definition) is 8. The fourth-order valence-corrected chi connectivity index (χ4v) is 6.48. The summed E-state index contributed by atoms with van der Waals surface area (Å²) in [6.07, 6.45) is 3.30. The minimum Gasteiger partial charge on any atom is -0.384 e. The molecule has 1 atom stereocenters. The lowest BCUT2D eigenvalue weighted by molar-refractivity contribution is -0.126. The molecule has 35 heavy (non-hydrogen) atoms. The number of ether oxygens (including phenoxy) is 1. The van der Waals surface area contributed by atoms with Crippen molar-refractivity contribution in [2.24, 2.45) is 0 Å². The normalized spacial score (nSPS) is 14.6. The number of amides is 2. The molecule has 1 unspecified atom stereocenters. The first-order valence-corrected chi connectivity index (χ1v) is 13.5. The molecule has 0 radical (unpaired) electrons. The third-order valence-electron chi connectivity index (χ3n) is 5.54. The van der Waals surface area contributed by atoms with Crippen LogP contribution < -0.4 is 10.6 Å². The summed E-state index contributed by atoms with van der Waals surface area (Å²) in [6.45, 7) is 1.15. The van der Waals surface area contributed by atoms with Gasteiger partial charge in [0.15, 0.2) is 20.9 Å². The molecule has 0 spiro atoms. The summed E-state index contributed by atoms with van der Waals surface area (Å²) < 4.78 is 46.2. The Hall–Kier alpha value is -2.96. The maximum Gasteiger partial charge on any atom is 0.245 e. The Morgan fingerprint density at radius 3 is 2.77 bits per heavy atom. The number of pyridine rings is 1. The quantitative estimate of drug-likeness (QED) is 0.420. The molecule has 9 nitrogen and oxygen atoms in total. The van der Waals surface area contributed by atoms with E-state index in [1.165, 1.54) is 13.3 Å². The Bertz CT molecular complexity index is 1370. The van der Waals surface area contributed by atoms with Gasteiger partial charge in [0, 0.05) is 24.9 Å². The molecule has 2 aromatic heterocycles. The number of benzene rings is 1. The van der Waals surface area contributed by atoms with Crippen LogP contribution in [0.15, 0.2) is 30.5 Å². The second-order valence-electron chi connectivity index (χ2n) is 8.29. The third kappa shape index (κ3) is 5.82. The minimum absolute atomic E-state index is 0.0692. The molecular formula is C23H25FN4O5S2. The second kappa shape index (κ2) is 10.3. The summed E-state index contributed by atoms with van der Waals surface area (Å²) in [7, 11) is -2.64. The largest absolute Gasteiger partial charge is 0.384 e. The van der Waals surface area contributed by atoms with Gasteiger partial charge in [-0.25, -0.2) is 17.8 Å². The number of carbonyl (C=O) groups is 2. The number of halogens is 1. The van der Waals surface area contributed by atoms with Crippen LogP contribution in [-0.4, -0.2) is 62.3 Å². The Labute approximate surface area is 206 Å². The van der Waals surface area contributed by atoms with E-state index in [1.807, 2.05) is 0 Å². The summed E-state index contributed by atoms with van der Waals surface area (Å²) in [4.78, 5) is 33.3. The van der Waals surface area contributed by atoms with E-state index in [1.54, 1.807) is 31.2 Å². The lowest BCUT2D eigenvalue weighted by atomic mass is 10.1. The van der Waals surface area contributed by atoms with Crippen LogP contribution in [0.2, 0.25) is 0 Å². The van der Waals surface area contributed by atoms with Crippen molar-refractivity contribution < 1.29 is 27.1 Å². The van der Waals surface area contributed by atoms with Crippen molar-refractivity contribution in [3.63, 3.8) is 0 Å². The monoisotopic (exact) mass is 520 g/mol. The number of nitrogens with zero attached hydrogens (tertiary/aromatic N) is 2. The molecule has 2 N–H and O–H groups in total. The highest BCUT2D eigenvalue weighted by Gasteiger charge is 2.37. The van der Waals surface area contributed by atoms with E-state index >= 15 is 0 Å². The molecule has 1 aromatic carbocycles. The summed E-state index contributed by atoms with van der Waals surface area (Å²) in [5.41, 5.74) is 1.68. The summed E-state index contributed by atoms with van der Waals surface area (Å²) in [5, 5.41) is 3.64. The van der Waals surface area contributed by atoms with Gasteiger partial charge in [-0.05, 0) is 43.5 Å². The predicted octanol–water partition coefficient (Wildman–Crippen LogP) is 2.30. The second-order valence-corrected chi connectivity index (χ2v) is 11.6. The first-order valence-electron chi connectivity index (χ1n) is 11.0. The zero-order chi connectivity index (χ0) is 25.2. The number of methoxy groups -OCH3 is 1. The molecule has 2 heterocycles. The summed E-state index contributed by atoms with van der Waals surface area (Å²) in [6, 6.07) is 6.71. The van der Waals surface area contributed by atoms with Gasteiger partial charge in [0.1, 0.15) is 5.01 Å². The standard InChI is InChI=1S/C23H25FN4O5S2/c1-13-20(24)16(7-8-25-13)14-3-6-17-18(11-14)34-23(28-17)21(35(31,32)10-9-33-2)22(30)26-12-19(29)27-15-4-5-15/h3,6-8,11,15,21H,4-5,9-10,12H2,1-2H3,(H,26,30)(H,27,29). The van der Waals surface area contributed by atoms with Gasteiger partial charge >= 0.3 is 0 Å². The number of aryl methyl sites for hydroxylation is 1. The van der Waals surface area contributed by atoms with Gasteiger partial charge in [-0.15, -0.1) is 11.3 Å². The van der Waals surface area contributed by atoms with Crippen molar-refractivity contribution in [1.82, 2.24) is 20.6 Å². The van der Waals surface area contributed by atoms with E-state index < -0.39 is 32.6 Å². The molecule has 0 bridgehead atoms. The Morgan fingerprint density at radius 1 is 1.29 bits per heavy atom. The van der Waals surface area contributed by atoms with Crippen LogP contribution >= 0.6 is 11.3 Å². The maximum atomic E-state index is 14.6. The SMILES string of the molecule is COCCS(=O)(=O)C(C(=O)NCC(=O)NC1CC1)c1nc2ccc(-c3ccnc(C)c3F)cc2s1. The number of hydrogen-bond donors (Lipinski definition) is 2. The van der Waals surface area contributed by atoms with E-state index in [-0.39, 0.29) is 35.8 Å². The van der Waals surface area contributed by atoms with Crippen LogP contribution in [0.4, 0.5) is 4.39 Å². The number of sulfone groups is 1. The zero-order valence-corrected chi connectivity index (χ0v) is 20.8. The maximum absolute atomic E-state index is 14.6. The molecule has 186 valence electrons. The first-order chi connectivity index (χ1) is 16.7. The van der Waals surface area contributed by atoms with Crippen molar-refractivity contribution in [3.05, 3.63) is 47.0 Å². The molecule has 1 saturated carbocycles. The number of fused-ring (bicyclic) bond motifs is 1. The molecule has 0 saturated heterocycles. The summed E-state index contributed by atoms with van der Waals surface area (Å²) in [5.74, 6) is -2.04. The number of aromatic nitrogens is 2. The smallest absolute Gasteiger partial charge is 0.245 e. The van der Waals surface area contributed by atoms with E-state index in [4.69, 9.17) is 4.74 Å². The molecule has 1 aliphatic carbocycles. The molecule has 4 rings (SSSR count). The van der Waals surface area contributed by atoms with Crippen molar-refractivity contribution in [3.8, 4) is 11.1 Å². The van der Waals surface area contributed by atoms with Crippen LogP contribution in [0.25, 0.3) is 21.3 Å². The van der Waals surface area contributed by atoms with Crippen LogP contribution in [0.3, 0.4) is 0 Å². The molecule has 3 aromatic rings. The van der Waals surface area contributed by atoms with E-state index in [0.717, 1.165) is 24.2 Å². The van der Waals surface area contributed by atoms with Crippen LogP contribution in [0.5, 0.6) is 0 Å². The van der Waals surface area contributed by atoms with E-state index in [2.05, 4.69) is 20.6 Å². The van der Waals surface area contributed by atoms with E-state index in [9.17, 15) is 22.4 Å². The van der Waals surface area contributed by atoms with Crippen LogP contribution in [0.1, 0.15) is 28.8 Å². The molecule has 2 amide bonds. The average Bonchev–Trinajstić information content (AvgIpc) is 3.53. The number of carbonyl (C=O) groups excluding carboxylic acids is 2. The van der Waals surface area contributed by atoms with Gasteiger partial charge in [0.2, 0.25) is 11.8 Å². The Morgan fingerprint density at radius 2 is 2.06 bits per heavy atom. The fourth-order valence-electron chi connectivity index (χ4n) is 3.51. The van der Waals surface area contributed by atoms with Crippen molar-refractivity contribution >= 4 is 43.2 Å².